The maximum atomic E-state index is 11.9. The van der Waals surface area contributed by atoms with Gasteiger partial charge in [0.15, 0.2) is 0 Å². The highest BCUT2D eigenvalue weighted by molar-refractivity contribution is 7.98. The lowest BCUT2D eigenvalue weighted by atomic mass is 10.1. The molecule has 0 aliphatic heterocycles. The molecule has 0 heterocycles. The number of carbonyl (C=O) groups excluding carboxylic acids is 1. The molecule has 1 aromatic rings. The predicted octanol–water partition coefficient (Wildman–Crippen LogP) is 3.41. The van der Waals surface area contributed by atoms with Crippen molar-refractivity contribution in [2.75, 3.05) is 13.3 Å². The van der Waals surface area contributed by atoms with Crippen LogP contribution in [0.5, 0.6) is 0 Å². The van der Waals surface area contributed by atoms with Crippen LogP contribution in [0.1, 0.15) is 25.8 Å². The third-order valence-electron chi connectivity index (χ3n) is 2.99. The van der Waals surface area contributed by atoms with Gasteiger partial charge < -0.3 is 4.90 Å². The van der Waals surface area contributed by atoms with Gasteiger partial charge in [0.25, 0.3) is 0 Å². The largest absolute Gasteiger partial charge is 0.341 e. The fraction of sp³-hybridized carbons (Fsp3) is 0.500. The van der Waals surface area contributed by atoms with Crippen molar-refractivity contribution in [2.45, 2.75) is 31.7 Å². The molecule has 0 radical (unpaired) electrons. The van der Waals surface area contributed by atoms with Gasteiger partial charge in [0, 0.05) is 24.4 Å². The standard InChI is InChI=1S/C14H21NOS/c1-5-11(2)14(16)15(3)10-12-6-8-13(17-4)9-7-12/h6-9,11H,5,10H2,1-4H3. The Kier molecular flexibility index (Phi) is 5.56. The average Bonchev–Trinajstić information content (AvgIpc) is 2.37. The molecule has 1 atom stereocenters. The zero-order valence-corrected chi connectivity index (χ0v) is 11.9. The molecule has 0 aliphatic rings. The van der Waals surface area contributed by atoms with E-state index in [4.69, 9.17) is 0 Å². The van der Waals surface area contributed by atoms with Crippen molar-refractivity contribution in [1.82, 2.24) is 4.90 Å². The summed E-state index contributed by atoms with van der Waals surface area (Å²) in [5.41, 5.74) is 1.18. The Morgan fingerprint density at radius 1 is 1.35 bits per heavy atom. The highest BCUT2D eigenvalue weighted by Gasteiger charge is 2.15. The minimum absolute atomic E-state index is 0.116. The molecule has 1 aromatic carbocycles. The van der Waals surface area contributed by atoms with Gasteiger partial charge in [0.2, 0.25) is 5.91 Å². The van der Waals surface area contributed by atoms with Crippen molar-refractivity contribution in [3.63, 3.8) is 0 Å². The molecule has 94 valence electrons. The van der Waals surface area contributed by atoms with E-state index < -0.39 is 0 Å². The van der Waals surface area contributed by atoms with Gasteiger partial charge in [-0.15, -0.1) is 11.8 Å². The Hall–Kier alpha value is -0.960. The summed E-state index contributed by atoms with van der Waals surface area (Å²) in [5.74, 6) is 0.340. The summed E-state index contributed by atoms with van der Waals surface area (Å²) in [6.07, 6.45) is 2.96. The predicted molar refractivity (Wildman–Crippen MR) is 74.2 cm³/mol. The van der Waals surface area contributed by atoms with Crippen LogP contribution in [0.3, 0.4) is 0 Å². The summed E-state index contributed by atoms with van der Waals surface area (Å²) in [7, 11) is 1.87. The number of carbonyl (C=O) groups is 1. The molecule has 0 spiro atoms. The van der Waals surface area contributed by atoms with Gasteiger partial charge in [-0.05, 0) is 30.4 Å². The normalized spacial score (nSPS) is 12.2. The highest BCUT2D eigenvalue weighted by Crippen LogP contribution is 2.16. The summed E-state index contributed by atoms with van der Waals surface area (Å²) in [5, 5.41) is 0. The van der Waals surface area contributed by atoms with E-state index in [0.717, 1.165) is 6.42 Å². The maximum Gasteiger partial charge on any atom is 0.225 e. The second-order valence-corrected chi connectivity index (χ2v) is 5.23. The smallest absolute Gasteiger partial charge is 0.225 e. The molecule has 17 heavy (non-hydrogen) atoms. The van der Waals surface area contributed by atoms with E-state index in [1.165, 1.54) is 10.5 Å². The molecule has 0 aromatic heterocycles. The number of amides is 1. The van der Waals surface area contributed by atoms with Gasteiger partial charge in [-0.3, -0.25) is 4.79 Å². The van der Waals surface area contributed by atoms with Crippen LogP contribution in [0.2, 0.25) is 0 Å². The van der Waals surface area contributed by atoms with Crippen molar-refractivity contribution < 1.29 is 4.79 Å². The molecule has 0 fully saturated rings. The van der Waals surface area contributed by atoms with Crippen LogP contribution in [-0.2, 0) is 11.3 Å². The van der Waals surface area contributed by atoms with Crippen LogP contribution in [0.25, 0.3) is 0 Å². The molecule has 1 amide bonds. The van der Waals surface area contributed by atoms with Gasteiger partial charge in [0.05, 0.1) is 0 Å². The zero-order valence-electron chi connectivity index (χ0n) is 11.1. The van der Waals surface area contributed by atoms with Crippen molar-refractivity contribution in [2.24, 2.45) is 5.92 Å². The third-order valence-corrected chi connectivity index (χ3v) is 3.73. The maximum absolute atomic E-state index is 11.9. The number of nitrogens with zero attached hydrogens (tertiary/aromatic N) is 1. The Balaban J connectivity index is 2.61. The first-order valence-electron chi connectivity index (χ1n) is 5.96. The molecule has 2 nitrogen and oxygen atoms in total. The average molecular weight is 251 g/mol. The minimum atomic E-state index is 0.116. The lowest BCUT2D eigenvalue weighted by molar-refractivity contribution is -0.134. The quantitative estimate of drug-likeness (QED) is 0.747. The number of benzene rings is 1. The van der Waals surface area contributed by atoms with Crippen molar-refractivity contribution >= 4 is 17.7 Å². The van der Waals surface area contributed by atoms with Crippen molar-refractivity contribution in [3.05, 3.63) is 29.8 Å². The second kappa shape index (κ2) is 6.70. The summed E-state index contributed by atoms with van der Waals surface area (Å²) in [6.45, 7) is 4.72. The van der Waals surface area contributed by atoms with Gasteiger partial charge >= 0.3 is 0 Å². The summed E-state index contributed by atoms with van der Waals surface area (Å²) in [4.78, 5) is 15.0. The van der Waals surface area contributed by atoms with Gasteiger partial charge in [-0.25, -0.2) is 0 Å². The van der Waals surface area contributed by atoms with Crippen LogP contribution in [0.4, 0.5) is 0 Å². The Morgan fingerprint density at radius 2 is 1.94 bits per heavy atom. The highest BCUT2D eigenvalue weighted by atomic mass is 32.2. The fourth-order valence-corrected chi connectivity index (χ4v) is 2.04. The van der Waals surface area contributed by atoms with E-state index in [1.807, 2.05) is 25.8 Å². The SMILES string of the molecule is CCC(C)C(=O)N(C)Cc1ccc(SC)cc1. The lowest BCUT2D eigenvalue weighted by Gasteiger charge is -2.20. The summed E-state index contributed by atoms with van der Waals surface area (Å²) < 4.78 is 0. The Morgan fingerprint density at radius 3 is 2.41 bits per heavy atom. The Bertz CT molecular complexity index is 361. The number of thioether (sulfide) groups is 1. The van der Waals surface area contributed by atoms with Crippen LogP contribution < -0.4 is 0 Å². The molecule has 0 aliphatic carbocycles. The molecular formula is C14H21NOS. The van der Waals surface area contributed by atoms with E-state index in [-0.39, 0.29) is 11.8 Å². The second-order valence-electron chi connectivity index (χ2n) is 4.35. The van der Waals surface area contributed by atoms with Crippen LogP contribution >= 0.6 is 11.8 Å². The lowest BCUT2D eigenvalue weighted by Crippen LogP contribution is -2.30. The van der Waals surface area contributed by atoms with E-state index in [0.29, 0.717) is 6.54 Å². The van der Waals surface area contributed by atoms with Crippen molar-refractivity contribution in [1.29, 1.82) is 0 Å². The number of rotatable bonds is 5. The van der Waals surface area contributed by atoms with E-state index >= 15 is 0 Å². The van der Waals surface area contributed by atoms with E-state index in [1.54, 1.807) is 11.8 Å². The first-order valence-corrected chi connectivity index (χ1v) is 7.18. The molecule has 1 rings (SSSR count). The van der Waals surface area contributed by atoms with Gasteiger partial charge in [0.1, 0.15) is 0 Å². The Labute approximate surface area is 108 Å². The molecule has 0 bridgehead atoms. The first-order chi connectivity index (χ1) is 8.08. The first kappa shape index (κ1) is 14.1. The molecule has 0 saturated heterocycles. The zero-order chi connectivity index (χ0) is 12.8. The topological polar surface area (TPSA) is 20.3 Å². The molecular weight excluding hydrogens is 230 g/mol. The number of hydrogen-bond acceptors (Lipinski definition) is 2. The number of hydrogen-bond donors (Lipinski definition) is 0. The summed E-state index contributed by atoms with van der Waals surface area (Å²) in [6, 6.07) is 8.38. The third kappa shape index (κ3) is 4.08. The molecule has 3 heteroatoms. The van der Waals surface area contributed by atoms with Gasteiger partial charge in [-0.2, -0.15) is 0 Å². The molecule has 0 saturated carbocycles. The van der Waals surface area contributed by atoms with Crippen LogP contribution in [-0.4, -0.2) is 24.1 Å². The molecule has 1 unspecified atom stereocenters. The fourth-order valence-electron chi connectivity index (χ4n) is 1.63. The van der Waals surface area contributed by atoms with E-state index in [9.17, 15) is 4.79 Å². The minimum Gasteiger partial charge on any atom is -0.341 e. The summed E-state index contributed by atoms with van der Waals surface area (Å²) >= 11 is 1.73. The molecule has 0 N–H and O–H groups in total. The van der Waals surface area contributed by atoms with Crippen LogP contribution in [0, 0.1) is 5.92 Å². The van der Waals surface area contributed by atoms with E-state index in [2.05, 4.69) is 30.5 Å². The monoisotopic (exact) mass is 251 g/mol. The van der Waals surface area contributed by atoms with Gasteiger partial charge in [-0.1, -0.05) is 26.0 Å². The van der Waals surface area contributed by atoms with Crippen molar-refractivity contribution in [3.8, 4) is 0 Å². The van der Waals surface area contributed by atoms with Crippen LogP contribution in [0.15, 0.2) is 29.2 Å².